The van der Waals surface area contributed by atoms with Gasteiger partial charge in [-0.2, -0.15) is 13.1 Å². The fraction of sp³-hybridized carbons (Fsp3) is 0.333. The Morgan fingerprint density at radius 3 is 2.64 bits per heavy atom. The number of piperidine rings is 1. The molecule has 0 bridgehead atoms. The molecule has 1 aliphatic heterocycles. The van der Waals surface area contributed by atoms with Gasteiger partial charge in [0.15, 0.2) is 0 Å². The highest BCUT2D eigenvalue weighted by molar-refractivity contribution is 7.89. The minimum Gasteiger partial charge on any atom is -0.355 e. The molecule has 1 fully saturated rings. The number of carbonyl (C=O) groups excluding carboxylic acids is 2. The Morgan fingerprint density at radius 2 is 1.88 bits per heavy atom. The molecular formula is C21H22FN5O4S2. The molecule has 2 heterocycles. The van der Waals surface area contributed by atoms with Gasteiger partial charge in [0.1, 0.15) is 21.7 Å². The number of aromatic nitrogens is 2. The predicted octanol–water partition coefficient (Wildman–Crippen LogP) is 2.38. The van der Waals surface area contributed by atoms with Crippen molar-refractivity contribution in [1.82, 2.24) is 18.4 Å². The summed E-state index contributed by atoms with van der Waals surface area (Å²) in [4.78, 5) is 24.6. The number of anilines is 1. The molecule has 4 rings (SSSR count). The van der Waals surface area contributed by atoms with Gasteiger partial charge >= 0.3 is 0 Å². The van der Waals surface area contributed by atoms with Gasteiger partial charge < -0.3 is 10.6 Å². The Hall–Kier alpha value is -2.96. The van der Waals surface area contributed by atoms with E-state index in [1.807, 2.05) is 0 Å². The molecule has 0 saturated carbocycles. The van der Waals surface area contributed by atoms with Crippen LogP contribution < -0.4 is 10.6 Å². The fourth-order valence-electron chi connectivity index (χ4n) is 3.72. The van der Waals surface area contributed by atoms with Gasteiger partial charge in [-0.05, 0) is 43.2 Å². The molecule has 2 N–H and O–H groups in total. The van der Waals surface area contributed by atoms with Gasteiger partial charge in [0.05, 0.1) is 11.7 Å². The summed E-state index contributed by atoms with van der Waals surface area (Å²) in [6.07, 6.45) is 0.804. The Balaban J connectivity index is 1.26. The fourth-order valence-corrected chi connectivity index (χ4v) is 5.94. The lowest BCUT2D eigenvalue weighted by molar-refractivity contribution is -0.126. The normalized spacial score (nSPS) is 15.4. The molecule has 12 heteroatoms. The molecule has 174 valence electrons. The van der Waals surface area contributed by atoms with Crippen LogP contribution in [0.2, 0.25) is 0 Å². The van der Waals surface area contributed by atoms with Crippen LogP contribution in [-0.2, 0) is 19.6 Å². The lowest BCUT2D eigenvalue weighted by Crippen LogP contribution is -2.43. The number of amides is 2. The van der Waals surface area contributed by atoms with E-state index in [0.29, 0.717) is 29.6 Å². The van der Waals surface area contributed by atoms with Crippen molar-refractivity contribution in [2.24, 2.45) is 5.92 Å². The van der Waals surface area contributed by atoms with Crippen LogP contribution in [0.25, 0.3) is 11.0 Å². The van der Waals surface area contributed by atoms with Crippen LogP contribution >= 0.6 is 11.7 Å². The Morgan fingerprint density at radius 1 is 1.12 bits per heavy atom. The molecular weight excluding hydrogens is 469 g/mol. The number of nitrogens with one attached hydrogen (secondary N) is 2. The topological polar surface area (TPSA) is 121 Å². The average molecular weight is 492 g/mol. The summed E-state index contributed by atoms with van der Waals surface area (Å²) in [6.45, 7) is 0.570. The molecule has 0 spiro atoms. The molecule has 0 radical (unpaired) electrons. The first-order chi connectivity index (χ1) is 15.8. The van der Waals surface area contributed by atoms with Crippen molar-refractivity contribution in [3.05, 3.63) is 48.3 Å². The summed E-state index contributed by atoms with van der Waals surface area (Å²) in [5.41, 5.74) is 1.25. The molecule has 0 unspecified atom stereocenters. The van der Waals surface area contributed by atoms with Crippen molar-refractivity contribution >= 4 is 50.3 Å². The highest BCUT2D eigenvalue weighted by Gasteiger charge is 2.33. The second kappa shape index (κ2) is 9.89. The lowest BCUT2D eigenvalue weighted by Gasteiger charge is -2.30. The van der Waals surface area contributed by atoms with Crippen LogP contribution in [0.1, 0.15) is 19.3 Å². The van der Waals surface area contributed by atoms with E-state index in [1.165, 1.54) is 28.6 Å². The third kappa shape index (κ3) is 5.34. The number of rotatable bonds is 7. The van der Waals surface area contributed by atoms with Crippen molar-refractivity contribution < 1.29 is 22.4 Å². The van der Waals surface area contributed by atoms with Gasteiger partial charge in [-0.15, -0.1) is 0 Å². The average Bonchev–Trinajstić information content (AvgIpc) is 3.28. The molecule has 1 aromatic heterocycles. The number of carbonyl (C=O) groups is 2. The third-order valence-electron chi connectivity index (χ3n) is 5.45. The van der Waals surface area contributed by atoms with Crippen molar-refractivity contribution in [2.75, 3.05) is 25.0 Å². The zero-order valence-electron chi connectivity index (χ0n) is 17.5. The second-order valence-electron chi connectivity index (χ2n) is 7.67. The number of hydrogen-bond donors (Lipinski definition) is 2. The largest absolute Gasteiger partial charge is 0.355 e. The molecule has 33 heavy (non-hydrogen) atoms. The Kier molecular flexibility index (Phi) is 6.96. The van der Waals surface area contributed by atoms with Crippen molar-refractivity contribution in [3.8, 4) is 0 Å². The Labute approximate surface area is 194 Å². The number of benzene rings is 2. The van der Waals surface area contributed by atoms with E-state index in [4.69, 9.17) is 0 Å². The summed E-state index contributed by atoms with van der Waals surface area (Å²) in [7, 11) is -3.74. The molecule has 1 aliphatic rings. The zero-order valence-corrected chi connectivity index (χ0v) is 19.2. The van der Waals surface area contributed by atoms with Gasteiger partial charge in [-0.25, -0.2) is 12.8 Å². The summed E-state index contributed by atoms with van der Waals surface area (Å²) in [5, 5.41) is 5.30. The minimum atomic E-state index is -3.74. The van der Waals surface area contributed by atoms with Gasteiger partial charge in [0.25, 0.3) is 0 Å². The van der Waals surface area contributed by atoms with E-state index in [0.717, 1.165) is 11.7 Å². The molecule has 9 nitrogen and oxygen atoms in total. The third-order valence-corrected chi connectivity index (χ3v) is 7.92. The standard InChI is InChI=1S/C21H22FN5O4S2/c22-15-3-1-4-16(13-15)24-19(28)7-10-23-21(29)14-8-11-27(12-9-14)33(30,31)18-6-2-5-17-20(18)26-32-25-17/h1-6,13-14H,7-12H2,(H,23,29)(H,24,28). The highest BCUT2D eigenvalue weighted by atomic mass is 32.2. The lowest BCUT2D eigenvalue weighted by atomic mass is 9.97. The molecule has 2 aromatic carbocycles. The first-order valence-electron chi connectivity index (χ1n) is 10.4. The van der Waals surface area contributed by atoms with Crippen molar-refractivity contribution in [2.45, 2.75) is 24.2 Å². The van der Waals surface area contributed by atoms with Crippen LogP contribution in [-0.4, -0.2) is 52.9 Å². The number of hydrogen-bond acceptors (Lipinski definition) is 7. The van der Waals surface area contributed by atoms with E-state index in [-0.39, 0.29) is 48.7 Å². The van der Waals surface area contributed by atoms with Gasteiger partial charge in [0.2, 0.25) is 21.8 Å². The van der Waals surface area contributed by atoms with Gasteiger partial charge in [0, 0.05) is 37.7 Å². The first kappa shape index (κ1) is 23.2. The van der Waals surface area contributed by atoms with Crippen LogP contribution in [0.4, 0.5) is 10.1 Å². The summed E-state index contributed by atoms with van der Waals surface area (Å²) in [5.74, 6) is -1.34. The minimum absolute atomic E-state index is 0.0428. The first-order valence-corrected chi connectivity index (χ1v) is 12.6. The van der Waals surface area contributed by atoms with E-state index in [2.05, 4.69) is 19.4 Å². The molecule has 1 saturated heterocycles. The monoisotopic (exact) mass is 491 g/mol. The number of fused-ring (bicyclic) bond motifs is 1. The van der Waals surface area contributed by atoms with E-state index in [1.54, 1.807) is 18.2 Å². The second-order valence-corrected chi connectivity index (χ2v) is 10.1. The van der Waals surface area contributed by atoms with Gasteiger partial charge in [-0.3, -0.25) is 9.59 Å². The smallest absolute Gasteiger partial charge is 0.245 e. The molecule has 0 atom stereocenters. The molecule has 0 aliphatic carbocycles. The quantitative estimate of drug-likeness (QED) is 0.523. The van der Waals surface area contributed by atoms with E-state index in [9.17, 15) is 22.4 Å². The van der Waals surface area contributed by atoms with Crippen LogP contribution in [0.15, 0.2) is 47.4 Å². The van der Waals surface area contributed by atoms with E-state index < -0.39 is 15.8 Å². The van der Waals surface area contributed by atoms with Gasteiger partial charge in [-0.1, -0.05) is 12.1 Å². The number of nitrogens with zero attached hydrogens (tertiary/aromatic N) is 3. The molecule has 3 aromatic rings. The van der Waals surface area contributed by atoms with Crippen LogP contribution in [0, 0.1) is 11.7 Å². The SMILES string of the molecule is O=C(CCNC(=O)C1CCN(S(=O)(=O)c2cccc3nsnc23)CC1)Nc1cccc(F)c1. The summed E-state index contributed by atoms with van der Waals surface area (Å²) in [6, 6.07) is 10.4. The Bertz CT molecular complexity index is 1270. The van der Waals surface area contributed by atoms with Crippen molar-refractivity contribution in [1.29, 1.82) is 0 Å². The van der Waals surface area contributed by atoms with Crippen molar-refractivity contribution in [3.63, 3.8) is 0 Å². The maximum Gasteiger partial charge on any atom is 0.245 e. The van der Waals surface area contributed by atoms with E-state index >= 15 is 0 Å². The number of halogens is 1. The zero-order chi connectivity index (χ0) is 23.4. The summed E-state index contributed by atoms with van der Waals surface area (Å²) >= 11 is 0.964. The highest BCUT2D eigenvalue weighted by Crippen LogP contribution is 2.28. The van der Waals surface area contributed by atoms with Crippen LogP contribution in [0.5, 0.6) is 0 Å². The number of sulfonamides is 1. The summed E-state index contributed by atoms with van der Waals surface area (Å²) < 4.78 is 48.9. The molecule has 2 amide bonds. The predicted molar refractivity (Wildman–Crippen MR) is 122 cm³/mol. The maximum atomic E-state index is 13.2. The maximum absolute atomic E-state index is 13.2. The van der Waals surface area contributed by atoms with Crippen LogP contribution in [0.3, 0.4) is 0 Å².